The van der Waals surface area contributed by atoms with E-state index in [0.29, 0.717) is 0 Å². The van der Waals surface area contributed by atoms with Crippen molar-refractivity contribution in [2.45, 2.75) is 94.5 Å². The van der Waals surface area contributed by atoms with Crippen molar-refractivity contribution in [1.29, 1.82) is 0 Å². The molecule has 0 radical (unpaired) electrons. The van der Waals surface area contributed by atoms with E-state index in [9.17, 15) is 44.4 Å². The van der Waals surface area contributed by atoms with Crippen molar-refractivity contribution in [3.05, 3.63) is 0 Å². The first kappa shape index (κ1) is 32.3. The maximum Gasteiger partial charge on any atom is 0.356 e. The lowest BCUT2D eigenvalue weighted by Gasteiger charge is -2.44. The van der Waals surface area contributed by atoms with Crippen LogP contribution < -0.4 is 22.5 Å². The lowest BCUT2D eigenvalue weighted by Crippen LogP contribution is -2.65. The lowest BCUT2D eigenvalue weighted by molar-refractivity contribution is -0.269. The number of aliphatic hydroxyl groups is 3. The number of ether oxygens (including phenoxy) is 3. The van der Waals surface area contributed by atoms with E-state index in [1.807, 2.05) is 0 Å². The van der Waals surface area contributed by atoms with Crippen LogP contribution in [-0.2, 0) is 38.2 Å². The van der Waals surface area contributed by atoms with Gasteiger partial charge in [-0.25, -0.2) is 4.79 Å². The van der Waals surface area contributed by atoms with E-state index in [-0.39, 0.29) is 6.42 Å². The number of hydrogen-bond donors (Lipinski definition) is 8. The van der Waals surface area contributed by atoms with Crippen LogP contribution in [0, 0.1) is 0 Å². The maximum absolute atomic E-state index is 12.9. The zero-order valence-corrected chi connectivity index (χ0v) is 20.7. The Kier molecular flexibility index (Phi) is 12.0. The second kappa shape index (κ2) is 13.7. The molecule has 1 fully saturated rings. The third-order valence-electron chi connectivity index (χ3n) is 5.68. The topological polar surface area (TPSA) is 284 Å². The molecule has 2 unspecified atom stereocenters. The van der Waals surface area contributed by atoms with Crippen LogP contribution in [0.5, 0.6) is 0 Å². The van der Waals surface area contributed by atoms with Gasteiger partial charge in [-0.15, -0.1) is 0 Å². The summed E-state index contributed by atoms with van der Waals surface area (Å²) in [6, 6.07) is -3.96. The number of Topliss-reactive ketones (excluding diaryl/α,β-unsaturated/α-hetero) is 1. The third kappa shape index (κ3) is 8.39. The predicted octanol–water partition coefficient (Wildman–Crippen LogP) is -4.40. The molecule has 0 bridgehead atoms. The number of ketones is 1. The first-order chi connectivity index (χ1) is 17.1. The van der Waals surface area contributed by atoms with Gasteiger partial charge in [0.05, 0.1) is 24.8 Å². The van der Waals surface area contributed by atoms with Gasteiger partial charge in [0.2, 0.25) is 17.6 Å². The Bertz CT molecular complexity index is 855. The second-order valence-corrected chi connectivity index (χ2v) is 8.89. The Balaban J connectivity index is 3.25. The molecule has 9 atom stereocenters. The SMILES string of the molecule is CC(=O)N[C@@H]1[C@@H](OC(C)CC(OC(=O)CC[C@@H](N)C(N)=O)(C(=O)O)C(=O)[C@H](C)N)[C@H](O)[C@@H](CO)O[C@@H]1O. The van der Waals surface area contributed by atoms with Gasteiger partial charge in [-0.3, -0.25) is 19.2 Å². The number of hydrogen-bond acceptors (Lipinski definition) is 13. The van der Waals surface area contributed by atoms with Gasteiger partial charge in [0, 0.05) is 19.8 Å². The molecule has 16 heteroatoms. The number of carboxylic acid groups (broad SMARTS) is 1. The summed E-state index contributed by atoms with van der Waals surface area (Å²) in [5.41, 5.74) is 13.3. The summed E-state index contributed by atoms with van der Waals surface area (Å²) in [6.45, 7) is 2.86. The number of nitrogens with two attached hydrogens (primary N) is 3. The Morgan fingerprint density at radius 3 is 2.19 bits per heavy atom. The summed E-state index contributed by atoms with van der Waals surface area (Å²) in [4.78, 5) is 60.4. The van der Waals surface area contributed by atoms with Gasteiger partial charge < -0.3 is 57.2 Å². The number of esters is 1. The van der Waals surface area contributed by atoms with Crippen molar-refractivity contribution in [1.82, 2.24) is 5.32 Å². The first-order valence-electron chi connectivity index (χ1n) is 11.4. The molecule has 0 aromatic carbocycles. The molecule has 1 heterocycles. The quantitative estimate of drug-likeness (QED) is 0.0768. The molecule has 1 aliphatic heterocycles. The highest BCUT2D eigenvalue weighted by atomic mass is 16.6. The number of carboxylic acids is 1. The zero-order chi connectivity index (χ0) is 28.7. The number of rotatable bonds is 14. The Labute approximate surface area is 212 Å². The number of carbonyl (C=O) groups excluding carboxylic acids is 4. The molecular formula is C21H36N4O12. The Morgan fingerprint density at radius 2 is 1.73 bits per heavy atom. The van der Waals surface area contributed by atoms with E-state index in [2.05, 4.69) is 5.32 Å². The molecule has 0 aromatic heterocycles. The summed E-state index contributed by atoms with van der Waals surface area (Å²) in [7, 11) is 0. The normalized spacial score (nSPS) is 27.7. The van der Waals surface area contributed by atoms with Crippen LogP contribution in [0.25, 0.3) is 0 Å². The summed E-state index contributed by atoms with van der Waals surface area (Å²) in [5.74, 6) is -5.76. The molecule has 0 spiro atoms. The average Bonchev–Trinajstić information content (AvgIpc) is 2.80. The highest BCUT2D eigenvalue weighted by Crippen LogP contribution is 2.29. The van der Waals surface area contributed by atoms with Crippen LogP contribution in [0.3, 0.4) is 0 Å². The number of aliphatic hydroxyl groups excluding tert-OH is 3. The van der Waals surface area contributed by atoms with Crippen LogP contribution in [0.4, 0.5) is 0 Å². The monoisotopic (exact) mass is 536 g/mol. The first-order valence-corrected chi connectivity index (χ1v) is 11.4. The summed E-state index contributed by atoms with van der Waals surface area (Å²) >= 11 is 0. The Morgan fingerprint density at radius 1 is 1.14 bits per heavy atom. The lowest BCUT2D eigenvalue weighted by atomic mass is 9.87. The van der Waals surface area contributed by atoms with Gasteiger partial charge in [0.25, 0.3) is 5.60 Å². The molecule has 2 amide bonds. The van der Waals surface area contributed by atoms with Gasteiger partial charge in [-0.1, -0.05) is 0 Å². The molecule has 0 saturated carbocycles. The van der Waals surface area contributed by atoms with Crippen molar-refractivity contribution >= 4 is 29.5 Å². The minimum atomic E-state index is -2.84. The summed E-state index contributed by atoms with van der Waals surface area (Å²) < 4.78 is 15.9. The largest absolute Gasteiger partial charge is 0.478 e. The molecule has 0 aromatic rings. The zero-order valence-electron chi connectivity index (χ0n) is 20.7. The summed E-state index contributed by atoms with van der Waals surface area (Å²) in [5, 5.41) is 42.6. The highest BCUT2D eigenvalue weighted by molar-refractivity contribution is 6.10. The minimum Gasteiger partial charge on any atom is -0.478 e. The van der Waals surface area contributed by atoms with Crippen molar-refractivity contribution in [2.24, 2.45) is 17.2 Å². The molecule has 1 aliphatic rings. The average molecular weight is 537 g/mol. The molecule has 16 nitrogen and oxygen atoms in total. The van der Waals surface area contributed by atoms with E-state index in [4.69, 9.17) is 31.4 Å². The van der Waals surface area contributed by atoms with Crippen LogP contribution in [0.15, 0.2) is 0 Å². The molecule has 11 N–H and O–H groups in total. The van der Waals surface area contributed by atoms with Crippen molar-refractivity contribution < 1.29 is 58.6 Å². The van der Waals surface area contributed by atoms with Crippen LogP contribution in [0.1, 0.15) is 40.0 Å². The van der Waals surface area contributed by atoms with Gasteiger partial charge in [-0.05, 0) is 20.3 Å². The van der Waals surface area contributed by atoms with Crippen molar-refractivity contribution in [2.75, 3.05) is 6.61 Å². The van der Waals surface area contributed by atoms with Crippen LogP contribution in [-0.4, -0.2) is 111 Å². The van der Waals surface area contributed by atoms with E-state index in [0.717, 1.165) is 6.92 Å². The fraction of sp³-hybridized carbons (Fsp3) is 0.762. The van der Waals surface area contributed by atoms with Crippen molar-refractivity contribution in [3.63, 3.8) is 0 Å². The van der Waals surface area contributed by atoms with E-state index in [1.54, 1.807) is 0 Å². The van der Waals surface area contributed by atoms with Gasteiger partial charge in [0.15, 0.2) is 6.29 Å². The summed E-state index contributed by atoms with van der Waals surface area (Å²) in [6.07, 6.45) is -8.99. The standard InChI is InChI=1S/C21H36N4O12/c1-8(35-16-14(25-10(3)27)19(32)36-12(7-26)15(16)29)6-21(20(33)34,17(30)9(2)22)37-13(28)5-4-11(23)18(24)31/h8-9,11-12,14-16,19,26,29,32H,4-7,22-23H2,1-3H3,(H2,24,31)(H,25,27)(H,33,34)/t8?,9-,11+,12+,14+,15+,16+,19-,21?/m0/s1. The van der Waals surface area contributed by atoms with E-state index < -0.39 is 103 Å². The number of carbonyl (C=O) groups is 5. The Hall–Kier alpha value is -2.73. The number of aliphatic carboxylic acids is 1. The van der Waals surface area contributed by atoms with Crippen LogP contribution in [0.2, 0.25) is 0 Å². The molecule has 1 saturated heterocycles. The third-order valence-corrected chi connectivity index (χ3v) is 5.68. The molecule has 0 aliphatic carbocycles. The van der Waals surface area contributed by atoms with E-state index in [1.165, 1.54) is 13.8 Å². The smallest absolute Gasteiger partial charge is 0.356 e. The fourth-order valence-corrected chi connectivity index (χ4v) is 3.81. The fourth-order valence-electron chi connectivity index (χ4n) is 3.81. The molecule has 1 rings (SSSR count). The predicted molar refractivity (Wildman–Crippen MR) is 122 cm³/mol. The van der Waals surface area contributed by atoms with E-state index >= 15 is 0 Å². The van der Waals surface area contributed by atoms with Crippen molar-refractivity contribution in [3.8, 4) is 0 Å². The van der Waals surface area contributed by atoms with Gasteiger partial charge >= 0.3 is 11.9 Å². The molecule has 212 valence electrons. The highest BCUT2D eigenvalue weighted by Gasteiger charge is 2.53. The maximum atomic E-state index is 12.9. The van der Waals surface area contributed by atoms with Crippen LogP contribution >= 0.6 is 0 Å². The number of amides is 2. The van der Waals surface area contributed by atoms with Gasteiger partial charge in [-0.2, -0.15) is 0 Å². The number of nitrogens with one attached hydrogen (secondary N) is 1. The van der Waals surface area contributed by atoms with Gasteiger partial charge in [0.1, 0.15) is 24.4 Å². The second-order valence-electron chi connectivity index (χ2n) is 8.89. The number of primary amides is 1. The molecular weight excluding hydrogens is 500 g/mol. The minimum absolute atomic E-state index is 0.282. The molecule has 37 heavy (non-hydrogen) atoms.